The molecule has 3 amide bonds. The van der Waals surface area contributed by atoms with Gasteiger partial charge in [-0.05, 0) is 54.6 Å². The maximum atomic E-state index is 13.4. The summed E-state index contributed by atoms with van der Waals surface area (Å²) in [5.74, 6) is 1.95. The lowest BCUT2D eigenvalue weighted by molar-refractivity contribution is -0.122. The van der Waals surface area contributed by atoms with E-state index in [1.54, 1.807) is 10.9 Å². The molecule has 0 bridgehead atoms. The highest BCUT2D eigenvalue weighted by Crippen LogP contribution is 2.33. The van der Waals surface area contributed by atoms with Crippen molar-refractivity contribution in [2.24, 2.45) is 0 Å². The molecule has 6 rings (SSSR count). The van der Waals surface area contributed by atoms with Crippen molar-refractivity contribution in [1.29, 1.82) is 0 Å². The van der Waals surface area contributed by atoms with Gasteiger partial charge in [-0.2, -0.15) is 5.10 Å². The van der Waals surface area contributed by atoms with Crippen LogP contribution in [0.2, 0.25) is 0 Å². The van der Waals surface area contributed by atoms with Gasteiger partial charge in [0.1, 0.15) is 23.5 Å². The SMILES string of the molecule is CSc1cc(OC2=C3CCC(=O)NC3NC=C2)ccc1NC(=O)Nc1cc(C(C)(C)C)nn1-c1ccc(CN2CCOCC2)cc1. The first-order chi connectivity index (χ1) is 22.2. The second-order valence-electron chi connectivity index (χ2n) is 12.6. The molecule has 2 aromatic carbocycles. The van der Waals surface area contributed by atoms with Gasteiger partial charge in [0.25, 0.3) is 0 Å². The molecule has 2 saturated heterocycles. The van der Waals surface area contributed by atoms with E-state index in [0.29, 0.717) is 35.9 Å². The molecule has 4 N–H and O–H groups in total. The number of dihydropyridines is 1. The average Bonchev–Trinajstić information content (AvgIpc) is 3.47. The van der Waals surface area contributed by atoms with Gasteiger partial charge < -0.3 is 25.4 Å². The Kier molecular flexibility index (Phi) is 9.39. The molecule has 0 saturated carbocycles. The van der Waals surface area contributed by atoms with Crippen molar-refractivity contribution in [3.63, 3.8) is 0 Å². The smallest absolute Gasteiger partial charge is 0.324 e. The van der Waals surface area contributed by atoms with Gasteiger partial charge in [0.2, 0.25) is 5.91 Å². The lowest BCUT2D eigenvalue weighted by Gasteiger charge is -2.30. The number of carbonyl (C=O) groups is 2. The van der Waals surface area contributed by atoms with E-state index in [1.165, 1.54) is 17.3 Å². The Morgan fingerprint density at radius 2 is 1.87 bits per heavy atom. The minimum atomic E-state index is -0.374. The predicted octanol–water partition coefficient (Wildman–Crippen LogP) is 5.35. The number of piperidine rings is 1. The molecule has 1 unspecified atom stereocenters. The van der Waals surface area contributed by atoms with Crippen molar-refractivity contribution >= 4 is 35.2 Å². The number of nitrogens with one attached hydrogen (secondary N) is 4. The molecule has 46 heavy (non-hydrogen) atoms. The number of amides is 3. The maximum absolute atomic E-state index is 13.4. The van der Waals surface area contributed by atoms with Crippen LogP contribution in [0, 0.1) is 0 Å². The predicted molar refractivity (Wildman–Crippen MR) is 180 cm³/mol. The number of benzene rings is 2. The zero-order valence-electron chi connectivity index (χ0n) is 26.7. The first-order valence-corrected chi connectivity index (χ1v) is 16.8. The summed E-state index contributed by atoms with van der Waals surface area (Å²) in [6.07, 6.45) is 6.40. The van der Waals surface area contributed by atoms with E-state index in [-0.39, 0.29) is 23.5 Å². The summed E-state index contributed by atoms with van der Waals surface area (Å²) in [7, 11) is 0. The van der Waals surface area contributed by atoms with Crippen molar-refractivity contribution < 1.29 is 19.1 Å². The molecule has 12 heteroatoms. The molecule has 0 aliphatic carbocycles. The number of fused-ring (bicyclic) bond motifs is 1. The molecule has 0 radical (unpaired) electrons. The van der Waals surface area contributed by atoms with Gasteiger partial charge in [0, 0.05) is 54.2 Å². The van der Waals surface area contributed by atoms with Gasteiger partial charge in [-0.3, -0.25) is 15.0 Å². The van der Waals surface area contributed by atoms with Crippen LogP contribution in [-0.4, -0.2) is 65.3 Å². The molecular formula is C34H41N7O4S. The normalized spacial score (nSPS) is 18.4. The third-order valence-electron chi connectivity index (χ3n) is 8.15. The number of rotatable bonds is 8. The van der Waals surface area contributed by atoms with Crippen molar-refractivity contribution in [3.8, 4) is 11.4 Å². The lowest BCUT2D eigenvalue weighted by atomic mass is 9.92. The highest BCUT2D eigenvalue weighted by Gasteiger charge is 2.28. The number of morpholine rings is 1. The summed E-state index contributed by atoms with van der Waals surface area (Å²) >= 11 is 1.51. The van der Waals surface area contributed by atoms with E-state index >= 15 is 0 Å². The Balaban J connectivity index is 1.17. The third kappa shape index (κ3) is 7.41. The summed E-state index contributed by atoms with van der Waals surface area (Å²) < 4.78 is 13.5. The Bertz CT molecular complexity index is 1650. The highest BCUT2D eigenvalue weighted by molar-refractivity contribution is 7.98. The summed E-state index contributed by atoms with van der Waals surface area (Å²) in [5, 5.41) is 17.0. The van der Waals surface area contributed by atoms with Gasteiger partial charge >= 0.3 is 6.03 Å². The fourth-order valence-corrected chi connectivity index (χ4v) is 6.15. The number of ether oxygens (including phenoxy) is 2. The maximum Gasteiger partial charge on any atom is 0.324 e. The first-order valence-electron chi connectivity index (χ1n) is 15.5. The van der Waals surface area contributed by atoms with Crippen molar-refractivity contribution in [3.05, 3.63) is 83.4 Å². The minimum Gasteiger partial charge on any atom is -0.457 e. The van der Waals surface area contributed by atoms with Gasteiger partial charge in [-0.1, -0.05) is 32.9 Å². The Morgan fingerprint density at radius 1 is 1.09 bits per heavy atom. The summed E-state index contributed by atoms with van der Waals surface area (Å²) in [5.41, 5.74) is 4.41. The molecule has 0 spiro atoms. The molecule has 3 aliphatic rings. The minimum absolute atomic E-state index is 0.0179. The van der Waals surface area contributed by atoms with E-state index in [4.69, 9.17) is 14.6 Å². The molecule has 11 nitrogen and oxygen atoms in total. The zero-order chi connectivity index (χ0) is 32.3. The average molecular weight is 644 g/mol. The largest absolute Gasteiger partial charge is 0.457 e. The van der Waals surface area contributed by atoms with Crippen molar-refractivity contribution in [2.75, 3.05) is 43.2 Å². The van der Waals surface area contributed by atoms with Crippen LogP contribution in [0.1, 0.15) is 44.9 Å². The van der Waals surface area contributed by atoms with Crippen LogP contribution in [0.25, 0.3) is 5.69 Å². The number of urea groups is 1. The van der Waals surface area contributed by atoms with Gasteiger partial charge in [-0.15, -0.1) is 11.8 Å². The van der Waals surface area contributed by atoms with Crippen molar-refractivity contribution in [2.45, 2.75) is 56.6 Å². The standard InChI is InChI=1S/C34H41N7O4S/c1-34(2,3)29-20-30(41(39-29)23-7-5-22(6-8-23)21-40-15-17-44-18-16-40)37-33(43)36-26-11-9-24(19-28(26)46-4)45-27-13-14-35-32-25(27)10-12-31(42)38-32/h5-9,11,13-14,19-20,32,35H,10,12,15-18,21H2,1-4H3,(H,38,42)(H2,36,37,43). The summed E-state index contributed by atoms with van der Waals surface area (Å²) in [4.78, 5) is 28.4. The Hall–Kier alpha value is -4.26. The molecule has 4 heterocycles. The van der Waals surface area contributed by atoms with Crippen LogP contribution in [0.4, 0.5) is 16.3 Å². The molecule has 3 aromatic rings. The van der Waals surface area contributed by atoms with Gasteiger partial charge in [0.15, 0.2) is 0 Å². The third-order valence-corrected chi connectivity index (χ3v) is 8.93. The van der Waals surface area contributed by atoms with Crippen LogP contribution >= 0.6 is 11.8 Å². The fourth-order valence-electron chi connectivity index (χ4n) is 5.58. The van der Waals surface area contributed by atoms with Crippen molar-refractivity contribution in [1.82, 2.24) is 25.3 Å². The molecule has 242 valence electrons. The second-order valence-corrected chi connectivity index (χ2v) is 13.4. The number of hydrogen-bond donors (Lipinski definition) is 4. The number of hydrogen-bond acceptors (Lipinski definition) is 8. The summed E-state index contributed by atoms with van der Waals surface area (Å²) in [6, 6.07) is 15.4. The van der Waals surface area contributed by atoms with Crippen LogP contribution in [0.15, 0.2) is 77.0 Å². The van der Waals surface area contributed by atoms with E-state index in [0.717, 1.165) is 54.7 Å². The number of aromatic nitrogens is 2. The Morgan fingerprint density at radius 3 is 2.61 bits per heavy atom. The number of allylic oxidation sites excluding steroid dienone is 1. The van der Waals surface area contributed by atoms with Crippen LogP contribution in [-0.2, 0) is 21.5 Å². The first kappa shape index (κ1) is 31.7. The summed E-state index contributed by atoms with van der Waals surface area (Å²) in [6.45, 7) is 10.6. The fraction of sp³-hybridized carbons (Fsp3) is 0.382. The monoisotopic (exact) mass is 643 g/mol. The van der Waals surface area contributed by atoms with Crippen LogP contribution in [0.5, 0.6) is 5.75 Å². The Labute approximate surface area is 273 Å². The molecule has 3 aliphatic heterocycles. The number of anilines is 2. The second kappa shape index (κ2) is 13.6. The molecule has 2 fully saturated rings. The van der Waals surface area contributed by atoms with Crippen LogP contribution < -0.4 is 26.0 Å². The molecule has 1 aromatic heterocycles. The van der Waals surface area contributed by atoms with Gasteiger partial charge in [-0.25, -0.2) is 9.48 Å². The zero-order valence-corrected chi connectivity index (χ0v) is 27.5. The highest BCUT2D eigenvalue weighted by atomic mass is 32.2. The number of carbonyl (C=O) groups excluding carboxylic acids is 2. The molecular weight excluding hydrogens is 602 g/mol. The van der Waals surface area contributed by atoms with Crippen LogP contribution in [0.3, 0.4) is 0 Å². The van der Waals surface area contributed by atoms with Gasteiger partial charge in [0.05, 0.1) is 30.3 Å². The molecule has 1 atom stereocenters. The van der Waals surface area contributed by atoms with E-state index in [2.05, 4.69) is 59.1 Å². The number of thioether (sulfide) groups is 1. The quantitative estimate of drug-likeness (QED) is 0.243. The van der Waals surface area contributed by atoms with E-state index < -0.39 is 0 Å². The lowest BCUT2D eigenvalue weighted by Crippen LogP contribution is -2.49. The number of nitrogens with zero attached hydrogens (tertiary/aromatic N) is 3. The van der Waals surface area contributed by atoms with E-state index in [1.807, 2.05) is 48.7 Å². The topological polar surface area (TPSA) is 122 Å². The van der Waals surface area contributed by atoms with E-state index in [9.17, 15) is 9.59 Å².